The fraction of sp³-hybridized carbons (Fsp3) is 0.562. The van der Waals surface area contributed by atoms with Gasteiger partial charge in [0.05, 0.1) is 0 Å². The van der Waals surface area contributed by atoms with E-state index in [0.29, 0.717) is 23.5 Å². The van der Waals surface area contributed by atoms with Gasteiger partial charge in [0.2, 0.25) is 0 Å². The van der Waals surface area contributed by atoms with Crippen molar-refractivity contribution in [2.24, 2.45) is 17.8 Å². The highest BCUT2D eigenvalue weighted by atomic mass is 16.1. The molecule has 0 bridgehead atoms. The maximum absolute atomic E-state index is 12.4. The maximum atomic E-state index is 12.4. The summed E-state index contributed by atoms with van der Waals surface area (Å²) in [6, 6.07) is 9.79. The molecule has 0 aromatic heterocycles. The van der Waals surface area contributed by atoms with Crippen LogP contribution in [-0.4, -0.2) is 5.78 Å². The predicted octanol–water partition coefficient (Wildman–Crippen LogP) is 4.33. The molecule has 0 amide bonds. The van der Waals surface area contributed by atoms with Gasteiger partial charge in [-0.1, -0.05) is 57.0 Å². The highest BCUT2D eigenvalue weighted by Crippen LogP contribution is 2.53. The van der Waals surface area contributed by atoms with Crippen molar-refractivity contribution in [1.29, 1.82) is 0 Å². The molecule has 1 heteroatoms. The zero-order valence-electron chi connectivity index (χ0n) is 10.9. The monoisotopic (exact) mass is 230 g/mol. The first-order valence-electron chi connectivity index (χ1n) is 6.88. The van der Waals surface area contributed by atoms with Gasteiger partial charge in [-0.3, -0.25) is 4.79 Å². The molecule has 17 heavy (non-hydrogen) atoms. The Morgan fingerprint density at radius 3 is 2.00 bits per heavy atom. The zero-order chi connectivity index (χ0) is 12.3. The molecule has 0 radical (unpaired) electrons. The first-order valence-corrected chi connectivity index (χ1v) is 6.88. The van der Waals surface area contributed by atoms with Gasteiger partial charge in [0, 0.05) is 11.5 Å². The number of hydrogen-bond acceptors (Lipinski definition) is 1. The quantitative estimate of drug-likeness (QED) is 0.665. The Morgan fingerprint density at radius 2 is 1.53 bits per heavy atom. The third kappa shape index (κ3) is 2.59. The van der Waals surface area contributed by atoms with Crippen LogP contribution >= 0.6 is 0 Å². The summed E-state index contributed by atoms with van der Waals surface area (Å²) in [6.45, 7) is 4.43. The van der Waals surface area contributed by atoms with Crippen LogP contribution in [0.15, 0.2) is 30.3 Å². The molecule has 1 aliphatic rings. The highest BCUT2D eigenvalue weighted by Gasteiger charge is 2.52. The first kappa shape index (κ1) is 12.3. The van der Waals surface area contributed by atoms with Crippen LogP contribution in [0.1, 0.15) is 49.9 Å². The first-order chi connectivity index (χ1) is 8.29. The van der Waals surface area contributed by atoms with Crippen LogP contribution in [0.2, 0.25) is 0 Å². The van der Waals surface area contributed by atoms with Crippen molar-refractivity contribution in [3.8, 4) is 0 Å². The second kappa shape index (κ2) is 5.48. The van der Waals surface area contributed by atoms with E-state index in [1.807, 2.05) is 30.3 Å². The Kier molecular flexibility index (Phi) is 3.98. The number of carbonyl (C=O) groups excluding carboxylic acids is 1. The maximum Gasteiger partial charge on any atom is 0.166 e. The van der Waals surface area contributed by atoms with Gasteiger partial charge in [-0.25, -0.2) is 0 Å². The van der Waals surface area contributed by atoms with Crippen molar-refractivity contribution in [2.75, 3.05) is 0 Å². The van der Waals surface area contributed by atoms with Crippen LogP contribution in [0.3, 0.4) is 0 Å². The van der Waals surface area contributed by atoms with Gasteiger partial charge in [-0.15, -0.1) is 0 Å². The van der Waals surface area contributed by atoms with Gasteiger partial charge < -0.3 is 0 Å². The molecule has 1 nitrogen and oxygen atoms in total. The van der Waals surface area contributed by atoms with Crippen molar-refractivity contribution in [3.63, 3.8) is 0 Å². The summed E-state index contributed by atoms with van der Waals surface area (Å²) in [7, 11) is 0. The Balaban J connectivity index is 2.05. The Labute approximate surface area is 104 Å². The fourth-order valence-electron chi connectivity index (χ4n) is 3.08. The van der Waals surface area contributed by atoms with E-state index in [1.165, 1.54) is 25.7 Å². The molecule has 1 aliphatic carbocycles. The van der Waals surface area contributed by atoms with Crippen LogP contribution in [-0.2, 0) is 0 Å². The van der Waals surface area contributed by atoms with E-state index in [-0.39, 0.29) is 0 Å². The number of ketones is 1. The molecular formula is C16H22O. The summed E-state index contributed by atoms with van der Waals surface area (Å²) in [5.41, 5.74) is 0.900. The molecule has 1 saturated carbocycles. The second-order valence-corrected chi connectivity index (χ2v) is 5.16. The second-order valence-electron chi connectivity index (χ2n) is 5.16. The van der Waals surface area contributed by atoms with E-state index in [9.17, 15) is 4.79 Å². The van der Waals surface area contributed by atoms with E-state index in [2.05, 4.69) is 13.8 Å². The van der Waals surface area contributed by atoms with Crippen molar-refractivity contribution >= 4 is 5.78 Å². The topological polar surface area (TPSA) is 17.1 Å². The van der Waals surface area contributed by atoms with Crippen molar-refractivity contribution in [3.05, 3.63) is 35.9 Å². The van der Waals surface area contributed by atoms with Gasteiger partial charge in [0.1, 0.15) is 0 Å². The fourth-order valence-corrected chi connectivity index (χ4v) is 3.08. The van der Waals surface area contributed by atoms with Crippen LogP contribution in [0.5, 0.6) is 0 Å². The minimum atomic E-state index is 0.317. The number of rotatable bonds is 6. The van der Waals surface area contributed by atoms with Gasteiger partial charge in [-0.05, 0) is 24.7 Å². The lowest BCUT2D eigenvalue weighted by molar-refractivity contribution is 0.0955. The molecule has 0 unspecified atom stereocenters. The number of benzene rings is 1. The molecule has 2 rings (SSSR count). The molecule has 0 N–H and O–H groups in total. The van der Waals surface area contributed by atoms with Crippen LogP contribution < -0.4 is 0 Å². The molecule has 0 heterocycles. The average Bonchev–Trinajstić information content (AvgIpc) is 3.03. The van der Waals surface area contributed by atoms with Crippen LogP contribution in [0, 0.1) is 17.8 Å². The Hall–Kier alpha value is -1.11. The Morgan fingerprint density at radius 1 is 1.00 bits per heavy atom. The van der Waals surface area contributed by atoms with Gasteiger partial charge in [-0.2, -0.15) is 0 Å². The third-order valence-corrected chi connectivity index (χ3v) is 3.94. The SMILES string of the molecule is CCC[C@H]1C(C(=O)c2ccccc2)[C@@H]1CCC. The molecule has 0 aliphatic heterocycles. The van der Waals surface area contributed by atoms with Gasteiger partial charge >= 0.3 is 0 Å². The lowest BCUT2D eigenvalue weighted by atomic mass is 10.0. The lowest BCUT2D eigenvalue weighted by Gasteiger charge is -1.99. The number of carbonyl (C=O) groups is 1. The van der Waals surface area contributed by atoms with Gasteiger partial charge in [0.25, 0.3) is 0 Å². The third-order valence-electron chi connectivity index (χ3n) is 3.94. The summed E-state index contributed by atoms with van der Waals surface area (Å²) >= 11 is 0. The van der Waals surface area contributed by atoms with E-state index in [4.69, 9.17) is 0 Å². The van der Waals surface area contributed by atoms with E-state index in [0.717, 1.165) is 5.56 Å². The van der Waals surface area contributed by atoms with Crippen molar-refractivity contribution in [1.82, 2.24) is 0 Å². The smallest absolute Gasteiger partial charge is 0.166 e. The standard InChI is InChI=1S/C16H22O/c1-3-8-13-14(9-4-2)15(13)16(17)12-10-6-5-7-11-12/h5-7,10-11,13-15H,3-4,8-9H2,1-2H3/t13-,14-/m1/s1. The molecule has 2 atom stereocenters. The van der Waals surface area contributed by atoms with Crippen LogP contribution in [0.4, 0.5) is 0 Å². The zero-order valence-corrected chi connectivity index (χ0v) is 10.9. The molecular weight excluding hydrogens is 208 g/mol. The molecule has 1 aromatic rings. The minimum absolute atomic E-state index is 0.317. The van der Waals surface area contributed by atoms with E-state index in [1.54, 1.807) is 0 Å². The lowest BCUT2D eigenvalue weighted by Crippen LogP contribution is -2.04. The van der Waals surface area contributed by atoms with E-state index >= 15 is 0 Å². The van der Waals surface area contributed by atoms with E-state index < -0.39 is 0 Å². The summed E-state index contributed by atoms with van der Waals surface area (Å²) in [4.78, 5) is 12.4. The number of hydrogen-bond donors (Lipinski definition) is 0. The summed E-state index contributed by atoms with van der Waals surface area (Å²) in [5.74, 6) is 2.01. The van der Waals surface area contributed by atoms with Crippen molar-refractivity contribution < 1.29 is 4.79 Å². The molecule has 0 saturated heterocycles. The summed E-state index contributed by atoms with van der Waals surface area (Å²) < 4.78 is 0. The predicted molar refractivity (Wildman–Crippen MR) is 71.1 cm³/mol. The average molecular weight is 230 g/mol. The Bertz CT molecular complexity index is 356. The highest BCUT2D eigenvalue weighted by molar-refractivity contribution is 6.00. The molecule has 0 spiro atoms. The van der Waals surface area contributed by atoms with Crippen molar-refractivity contribution in [2.45, 2.75) is 39.5 Å². The molecule has 92 valence electrons. The summed E-state index contributed by atoms with van der Waals surface area (Å²) in [5, 5.41) is 0. The summed E-state index contributed by atoms with van der Waals surface area (Å²) in [6.07, 6.45) is 4.83. The largest absolute Gasteiger partial charge is 0.294 e. The van der Waals surface area contributed by atoms with Gasteiger partial charge in [0.15, 0.2) is 5.78 Å². The molecule has 1 aromatic carbocycles. The normalized spacial score (nSPS) is 26.8. The minimum Gasteiger partial charge on any atom is -0.294 e. The molecule has 1 fully saturated rings. The van der Waals surface area contributed by atoms with Crippen LogP contribution in [0.25, 0.3) is 0 Å². The number of Topliss-reactive ketones (excluding diaryl/α,β-unsaturated/α-hetero) is 1.